The maximum Gasteiger partial charge on any atom is 0.0850 e. The minimum atomic E-state index is 0.0729. The third-order valence-electron chi connectivity index (χ3n) is 4.09. The molecule has 2 heterocycles. The first-order valence-corrected chi connectivity index (χ1v) is 7.58. The highest BCUT2D eigenvalue weighted by Gasteiger charge is 2.23. The summed E-state index contributed by atoms with van der Waals surface area (Å²) >= 11 is 0. The molecule has 112 valence electrons. The van der Waals surface area contributed by atoms with Crippen LogP contribution < -0.4 is 5.73 Å². The summed E-state index contributed by atoms with van der Waals surface area (Å²) in [5, 5.41) is 1.24. The molecular weight excluding hydrogens is 262 g/mol. The molecule has 4 heteroatoms. The van der Waals surface area contributed by atoms with Crippen LogP contribution in [0.1, 0.15) is 18.2 Å². The number of rotatable bonds is 3. The van der Waals surface area contributed by atoms with E-state index in [4.69, 9.17) is 10.5 Å². The Balaban J connectivity index is 1.84. The third-order valence-corrected chi connectivity index (χ3v) is 4.09. The second-order valence-electron chi connectivity index (χ2n) is 5.94. The van der Waals surface area contributed by atoms with Crippen molar-refractivity contribution in [2.75, 3.05) is 19.7 Å². The summed E-state index contributed by atoms with van der Waals surface area (Å²) in [6, 6.07) is 10.6. The Morgan fingerprint density at radius 1 is 1.43 bits per heavy atom. The SMILES string of the molecule is Cc1cc(CN2CCOC(C(C)N)C2)c2ccccc2n1. The van der Waals surface area contributed by atoms with Crippen molar-refractivity contribution in [2.24, 2.45) is 5.73 Å². The molecule has 0 bridgehead atoms. The lowest BCUT2D eigenvalue weighted by Crippen LogP contribution is -2.49. The highest BCUT2D eigenvalue weighted by molar-refractivity contribution is 5.82. The van der Waals surface area contributed by atoms with E-state index in [0.29, 0.717) is 0 Å². The minimum Gasteiger partial charge on any atom is -0.374 e. The number of hydrogen-bond acceptors (Lipinski definition) is 4. The highest BCUT2D eigenvalue weighted by atomic mass is 16.5. The predicted molar refractivity (Wildman–Crippen MR) is 85.1 cm³/mol. The van der Waals surface area contributed by atoms with Crippen molar-refractivity contribution in [2.45, 2.75) is 32.5 Å². The molecule has 0 amide bonds. The van der Waals surface area contributed by atoms with Gasteiger partial charge in [-0.3, -0.25) is 9.88 Å². The fourth-order valence-electron chi connectivity index (χ4n) is 2.96. The van der Waals surface area contributed by atoms with Crippen molar-refractivity contribution in [3.05, 3.63) is 41.6 Å². The van der Waals surface area contributed by atoms with Gasteiger partial charge in [0.2, 0.25) is 0 Å². The number of nitrogens with two attached hydrogens (primary N) is 1. The van der Waals surface area contributed by atoms with Crippen molar-refractivity contribution >= 4 is 10.9 Å². The Morgan fingerprint density at radius 2 is 2.24 bits per heavy atom. The first-order chi connectivity index (χ1) is 10.1. The molecule has 1 aromatic heterocycles. The van der Waals surface area contributed by atoms with E-state index in [2.05, 4.69) is 41.1 Å². The van der Waals surface area contributed by atoms with Crippen LogP contribution in [0.5, 0.6) is 0 Å². The van der Waals surface area contributed by atoms with Crippen molar-refractivity contribution in [3.63, 3.8) is 0 Å². The molecule has 2 aromatic rings. The average Bonchev–Trinajstić information content (AvgIpc) is 2.47. The zero-order valence-electron chi connectivity index (χ0n) is 12.7. The smallest absolute Gasteiger partial charge is 0.0850 e. The van der Waals surface area contributed by atoms with Crippen LogP contribution in [0.25, 0.3) is 10.9 Å². The van der Waals surface area contributed by atoms with Crippen LogP contribution in [0.4, 0.5) is 0 Å². The van der Waals surface area contributed by atoms with Crippen LogP contribution in [0.2, 0.25) is 0 Å². The fourth-order valence-corrected chi connectivity index (χ4v) is 2.96. The molecule has 2 N–H and O–H groups in total. The number of nitrogens with zero attached hydrogens (tertiary/aromatic N) is 2. The zero-order valence-corrected chi connectivity index (χ0v) is 12.7. The molecular formula is C17H23N3O. The Kier molecular flexibility index (Phi) is 4.19. The van der Waals surface area contributed by atoms with Gasteiger partial charge < -0.3 is 10.5 Å². The lowest BCUT2D eigenvalue weighted by Gasteiger charge is -2.35. The van der Waals surface area contributed by atoms with Crippen molar-refractivity contribution in [1.29, 1.82) is 0 Å². The summed E-state index contributed by atoms with van der Waals surface area (Å²) in [5.74, 6) is 0. The Morgan fingerprint density at radius 3 is 3.05 bits per heavy atom. The van der Waals surface area contributed by atoms with Crippen LogP contribution in [-0.4, -0.2) is 41.7 Å². The van der Waals surface area contributed by atoms with Crippen LogP contribution in [-0.2, 0) is 11.3 Å². The van der Waals surface area contributed by atoms with E-state index in [1.165, 1.54) is 10.9 Å². The standard InChI is InChI=1S/C17H23N3O/c1-12-9-14(15-5-3-4-6-16(15)19-12)10-20-7-8-21-17(11-20)13(2)18/h3-6,9,13,17H,7-8,10-11,18H2,1-2H3. The van der Waals surface area contributed by atoms with E-state index in [1.54, 1.807) is 0 Å². The number of hydrogen-bond donors (Lipinski definition) is 1. The fraction of sp³-hybridized carbons (Fsp3) is 0.471. The largest absolute Gasteiger partial charge is 0.374 e. The van der Waals surface area contributed by atoms with Crippen molar-refractivity contribution in [1.82, 2.24) is 9.88 Å². The van der Waals surface area contributed by atoms with Gasteiger partial charge in [0.1, 0.15) is 0 Å². The first-order valence-electron chi connectivity index (χ1n) is 7.58. The average molecular weight is 285 g/mol. The van der Waals surface area contributed by atoms with Crippen molar-refractivity contribution < 1.29 is 4.74 Å². The molecule has 1 aliphatic rings. The molecule has 1 saturated heterocycles. The van der Waals surface area contributed by atoms with Crippen molar-refractivity contribution in [3.8, 4) is 0 Å². The molecule has 1 fully saturated rings. The van der Waals surface area contributed by atoms with E-state index < -0.39 is 0 Å². The van der Waals surface area contributed by atoms with Gasteiger partial charge in [0.05, 0.1) is 18.2 Å². The van der Waals surface area contributed by atoms with Gasteiger partial charge in [-0.25, -0.2) is 0 Å². The molecule has 0 spiro atoms. The van der Waals surface area contributed by atoms with E-state index in [9.17, 15) is 0 Å². The number of pyridine rings is 1. The highest BCUT2D eigenvalue weighted by Crippen LogP contribution is 2.21. The molecule has 2 unspecified atom stereocenters. The van der Waals surface area contributed by atoms with Gasteiger partial charge in [0.15, 0.2) is 0 Å². The van der Waals surface area contributed by atoms with Gasteiger partial charge >= 0.3 is 0 Å². The molecule has 1 aromatic carbocycles. The second kappa shape index (κ2) is 6.10. The summed E-state index contributed by atoms with van der Waals surface area (Å²) < 4.78 is 5.74. The summed E-state index contributed by atoms with van der Waals surface area (Å²) in [6.07, 6.45) is 0.132. The summed E-state index contributed by atoms with van der Waals surface area (Å²) in [5.41, 5.74) is 9.46. The summed E-state index contributed by atoms with van der Waals surface area (Å²) in [4.78, 5) is 7.04. The minimum absolute atomic E-state index is 0.0729. The maximum atomic E-state index is 5.98. The molecule has 0 radical (unpaired) electrons. The molecule has 0 aliphatic carbocycles. The topological polar surface area (TPSA) is 51.4 Å². The summed E-state index contributed by atoms with van der Waals surface area (Å²) in [6.45, 7) is 7.61. The quantitative estimate of drug-likeness (QED) is 0.938. The Labute approximate surface area is 125 Å². The Bertz CT molecular complexity index is 626. The number of para-hydroxylation sites is 1. The van der Waals surface area contributed by atoms with E-state index in [-0.39, 0.29) is 12.1 Å². The Hall–Kier alpha value is -1.49. The number of morpholine rings is 1. The van der Waals surface area contributed by atoms with Gasteiger partial charge in [0, 0.05) is 36.8 Å². The molecule has 3 rings (SSSR count). The van der Waals surface area contributed by atoms with E-state index in [0.717, 1.165) is 37.5 Å². The van der Waals surface area contributed by atoms with Gasteiger partial charge in [-0.15, -0.1) is 0 Å². The van der Waals surface area contributed by atoms with E-state index in [1.807, 2.05) is 13.0 Å². The number of ether oxygens (including phenoxy) is 1. The lowest BCUT2D eigenvalue weighted by molar-refractivity contribution is -0.0402. The first kappa shape index (κ1) is 14.4. The number of aryl methyl sites for hydroxylation is 1. The molecule has 4 nitrogen and oxygen atoms in total. The monoisotopic (exact) mass is 285 g/mol. The molecule has 1 aliphatic heterocycles. The molecule has 21 heavy (non-hydrogen) atoms. The second-order valence-corrected chi connectivity index (χ2v) is 5.94. The van der Waals surface area contributed by atoms with Crippen LogP contribution >= 0.6 is 0 Å². The van der Waals surface area contributed by atoms with Gasteiger partial charge in [0.25, 0.3) is 0 Å². The van der Waals surface area contributed by atoms with Gasteiger partial charge in [-0.2, -0.15) is 0 Å². The summed E-state index contributed by atoms with van der Waals surface area (Å²) in [7, 11) is 0. The zero-order chi connectivity index (χ0) is 14.8. The number of fused-ring (bicyclic) bond motifs is 1. The lowest BCUT2D eigenvalue weighted by atomic mass is 10.1. The van der Waals surface area contributed by atoms with Gasteiger partial charge in [-0.1, -0.05) is 18.2 Å². The van der Waals surface area contributed by atoms with Crippen LogP contribution in [0, 0.1) is 6.92 Å². The third kappa shape index (κ3) is 3.23. The van der Waals surface area contributed by atoms with E-state index >= 15 is 0 Å². The normalized spacial score (nSPS) is 21.6. The predicted octanol–water partition coefficient (Wildman–Crippen LogP) is 2.09. The number of benzene rings is 1. The van der Waals surface area contributed by atoms with Crippen LogP contribution in [0.15, 0.2) is 30.3 Å². The molecule has 2 atom stereocenters. The van der Waals surface area contributed by atoms with Crippen LogP contribution in [0.3, 0.4) is 0 Å². The maximum absolute atomic E-state index is 5.98. The van der Waals surface area contributed by atoms with Gasteiger partial charge in [-0.05, 0) is 31.5 Å². The molecule has 0 saturated carbocycles. The number of aromatic nitrogens is 1.